The van der Waals surface area contributed by atoms with Crippen LogP contribution in [0, 0.1) is 0 Å². The normalized spacial score (nSPS) is 11.6. The molecule has 0 aliphatic carbocycles. The first kappa shape index (κ1) is 21.4. The topological polar surface area (TPSA) is 123 Å². The van der Waals surface area contributed by atoms with Crippen LogP contribution in [0.15, 0.2) is 53.8 Å². The zero-order chi connectivity index (χ0) is 21.7. The monoisotopic (exact) mass is 431 g/mol. The van der Waals surface area contributed by atoms with E-state index in [4.69, 9.17) is 4.74 Å². The van der Waals surface area contributed by atoms with Crippen LogP contribution in [0.2, 0.25) is 0 Å². The smallest absolute Gasteiger partial charge is 0.340 e. The largest absolute Gasteiger partial charge is 0.452 e. The molecule has 0 bridgehead atoms. The molecule has 0 unspecified atom stereocenters. The van der Waals surface area contributed by atoms with E-state index in [-0.39, 0.29) is 10.5 Å². The molecule has 2 heterocycles. The van der Waals surface area contributed by atoms with Crippen molar-refractivity contribution in [2.75, 3.05) is 25.0 Å². The van der Waals surface area contributed by atoms with Crippen molar-refractivity contribution in [3.8, 4) is 0 Å². The number of aromatic nitrogens is 3. The highest BCUT2D eigenvalue weighted by molar-refractivity contribution is 7.89. The van der Waals surface area contributed by atoms with Crippen LogP contribution in [-0.4, -0.2) is 58.9 Å². The van der Waals surface area contributed by atoms with Gasteiger partial charge in [0.2, 0.25) is 10.0 Å². The number of amides is 1. The van der Waals surface area contributed by atoms with E-state index < -0.39 is 28.5 Å². The van der Waals surface area contributed by atoms with Gasteiger partial charge >= 0.3 is 5.97 Å². The highest BCUT2D eigenvalue weighted by Gasteiger charge is 2.21. The van der Waals surface area contributed by atoms with Gasteiger partial charge in [0.15, 0.2) is 12.3 Å². The zero-order valence-corrected chi connectivity index (χ0v) is 17.3. The fraction of sp³-hybridized carbons (Fsp3) is 0.263. The summed E-state index contributed by atoms with van der Waals surface area (Å²) >= 11 is 0. The number of hydrogen-bond acceptors (Lipinski definition) is 7. The predicted octanol–water partition coefficient (Wildman–Crippen LogP) is 1.56. The molecule has 0 saturated heterocycles. The second kappa shape index (κ2) is 9.01. The molecule has 0 atom stereocenters. The zero-order valence-electron chi connectivity index (χ0n) is 16.5. The third-order valence-corrected chi connectivity index (χ3v) is 6.41. The van der Waals surface area contributed by atoms with Crippen molar-refractivity contribution >= 4 is 33.2 Å². The van der Waals surface area contributed by atoms with E-state index in [0.717, 1.165) is 0 Å². The van der Waals surface area contributed by atoms with E-state index in [2.05, 4.69) is 15.5 Å². The number of esters is 1. The fourth-order valence-electron chi connectivity index (χ4n) is 2.78. The Bertz CT molecular complexity index is 1150. The van der Waals surface area contributed by atoms with Gasteiger partial charge in [-0.25, -0.2) is 13.2 Å². The molecule has 1 aromatic carbocycles. The Balaban J connectivity index is 1.57. The Morgan fingerprint density at radius 2 is 1.80 bits per heavy atom. The van der Waals surface area contributed by atoms with Gasteiger partial charge in [-0.3, -0.25) is 9.20 Å². The Labute approximate surface area is 173 Å². The van der Waals surface area contributed by atoms with Crippen molar-refractivity contribution in [2.45, 2.75) is 18.7 Å². The highest BCUT2D eigenvalue weighted by atomic mass is 32.2. The number of nitrogens with one attached hydrogen (secondary N) is 1. The van der Waals surface area contributed by atoms with Crippen LogP contribution in [0.4, 0.5) is 5.69 Å². The number of ether oxygens (including phenoxy) is 1. The van der Waals surface area contributed by atoms with Crippen LogP contribution in [0.3, 0.4) is 0 Å². The molecule has 11 heteroatoms. The number of carbonyl (C=O) groups is 2. The lowest BCUT2D eigenvalue weighted by Gasteiger charge is -2.18. The number of benzene rings is 1. The predicted molar refractivity (Wildman–Crippen MR) is 108 cm³/mol. The minimum atomic E-state index is -3.57. The summed E-state index contributed by atoms with van der Waals surface area (Å²) in [7, 11) is -3.57. The molecule has 3 rings (SSSR count). The SMILES string of the molecule is CCN(CC)S(=O)(=O)c1ccc(NC(=O)COC(=O)c2ccc3nncn3c2)cc1. The molecule has 2 aromatic heterocycles. The summed E-state index contributed by atoms with van der Waals surface area (Å²) in [5.41, 5.74) is 1.22. The van der Waals surface area contributed by atoms with Crippen molar-refractivity contribution in [1.82, 2.24) is 18.9 Å². The van der Waals surface area contributed by atoms with Crippen LogP contribution in [0.25, 0.3) is 5.65 Å². The van der Waals surface area contributed by atoms with Gasteiger partial charge in [0.05, 0.1) is 10.5 Å². The number of carbonyl (C=O) groups excluding carboxylic acids is 2. The molecule has 0 fully saturated rings. The quantitative estimate of drug-likeness (QED) is 0.537. The molecule has 1 N–H and O–H groups in total. The van der Waals surface area contributed by atoms with Crippen LogP contribution in [-0.2, 0) is 19.6 Å². The van der Waals surface area contributed by atoms with E-state index in [1.165, 1.54) is 47.2 Å². The molecule has 30 heavy (non-hydrogen) atoms. The molecule has 0 radical (unpaired) electrons. The Kier molecular flexibility index (Phi) is 6.43. The summed E-state index contributed by atoms with van der Waals surface area (Å²) in [6.45, 7) is 3.78. The maximum atomic E-state index is 12.5. The first-order chi connectivity index (χ1) is 14.3. The maximum Gasteiger partial charge on any atom is 0.340 e. The number of hydrogen-bond donors (Lipinski definition) is 1. The Morgan fingerprint density at radius 1 is 1.10 bits per heavy atom. The standard InChI is InChI=1S/C19H21N5O5S/c1-3-24(4-2)30(27,28)16-8-6-15(7-9-16)21-18(25)12-29-19(26)14-5-10-17-22-20-13-23(17)11-14/h5-11,13H,3-4,12H2,1-2H3,(H,21,25). The van der Waals surface area contributed by atoms with Crippen LogP contribution >= 0.6 is 0 Å². The van der Waals surface area contributed by atoms with E-state index in [1.807, 2.05) is 0 Å². The van der Waals surface area contributed by atoms with Gasteiger partial charge in [-0.1, -0.05) is 13.8 Å². The van der Waals surface area contributed by atoms with Gasteiger partial charge in [0.1, 0.15) is 6.33 Å². The fourth-order valence-corrected chi connectivity index (χ4v) is 4.24. The third kappa shape index (κ3) is 4.63. The van der Waals surface area contributed by atoms with Gasteiger partial charge in [0.25, 0.3) is 5.91 Å². The number of pyridine rings is 1. The molecule has 0 aliphatic rings. The van der Waals surface area contributed by atoms with Crippen molar-refractivity contribution in [3.05, 3.63) is 54.5 Å². The first-order valence-electron chi connectivity index (χ1n) is 9.21. The molecular weight excluding hydrogens is 410 g/mol. The number of fused-ring (bicyclic) bond motifs is 1. The van der Waals surface area contributed by atoms with Gasteiger partial charge in [-0.2, -0.15) is 4.31 Å². The van der Waals surface area contributed by atoms with E-state index in [0.29, 0.717) is 24.4 Å². The second-order valence-electron chi connectivity index (χ2n) is 6.25. The minimum absolute atomic E-state index is 0.139. The van der Waals surface area contributed by atoms with Gasteiger partial charge in [0, 0.05) is 25.0 Å². The summed E-state index contributed by atoms with van der Waals surface area (Å²) in [6.07, 6.45) is 2.95. The molecule has 158 valence electrons. The van der Waals surface area contributed by atoms with Gasteiger partial charge in [-0.05, 0) is 36.4 Å². The first-order valence-corrected chi connectivity index (χ1v) is 10.7. The minimum Gasteiger partial charge on any atom is -0.452 e. The molecule has 0 aliphatic heterocycles. The van der Waals surface area contributed by atoms with Crippen molar-refractivity contribution in [2.24, 2.45) is 0 Å². The summed E-state index contributed by atoms with van der Waals surface area (Å²) in [5, 5.41) is 10.1. The van der Waals surface area contributed by atoms with Crippen LogP contribution < -0.4 is 5.32 Å². The van der Waals surface area contributed by atoms with E-state index >= 15 is 0 Å². The average Bonchev–Trinajstić information content (AvgIpc) is 3.21. The molecule has 10 nitrogen and oxygen atoms in total. The average molecular weight is 431 g/mol. The number of sulfonamides is 1. The molecule has 0 saturated carbocycles. The van der Waals surface area contributed by atoms with Crippen molar-refractivity contribution in [3.63, 3.8) is 0 Å². The summed E-state index contributed by atoms with van der Waals surface area (Å²) < 4.78 is 32.9. The summed E-state index contributed by atoms with van der Waals surface area (Å²) in [6, 6.07) is 8.94. The van der Waals surface area contributed by atoms with E-state index in [1.54, 1.807) is 24.3 Å². The van der Waals surface area contributed by atoms with Gasteiger partial charge < -0.3 is 10.1 Å². The lowest BCUT2D eigenvalue weighted by molar-refractivity contribution is -0.119. The lowest BCUT2D eigenvalue weighted by atomic mass is 10.3. The molecule has 1 amide bonds. The summed E-state index contributed by atoms with van der Waals surface area (Å²) in [4.78, 5) is 24.3. The Hall–Kier alpha value is -3.31. The van der Waals surface area contributed by atoms with Crippen LogP contribution in [0.5, 0.6) is 0 Å². The lowest BCUT2D eigenvalue weighted by Crippen LogP contribution is -2.30. The summed E-state index contributed by atoms with van der Waals surface area (Å²) in [5.74, 6) is -1.21. The maximum absolute atomic E-state index is 12.5. The number of nitrogens with zero attached hydrogens (tertiary/aromatic N) is 4. The molecule has 0 spiro atoms. The van der Waals surface area contributed by atoms with Crippen LogP contribution in [0.1, 0.15) is 24.2 Å². The third-order valence-electron chi connectivity index (χ3n) is 4.34. The van der Waals surface area contributed by atoms with Crippen molar-refractivity contribution < 1.29 is 22.7 Å². The highest BCUT2D eigenvalue weighted by Crippen LogP contribution is 2.18. The molecular formula is C19H21N5O5S. The van der Waals surface area contributed by atoms with Crippen molar-refractivity contribution in [1.29, 1.82) is 0 Å². The second-order valence-corrected chi connectivity index (χ2v) is 8.19. The van der Waals surface area contributed by atoms with E-state index in [9.17, 15) is 18.0 Å². The molecule has 3 aromatic rings. The Morgan fingerprint density at radius 3 is 2.47 bits per heavy atom. The van der Waals surface area contributed by atoms with Gasteiger partial charge in [-0.15, -0.1) is 10.2 Å². The number of anilines is 1. The number of rotatable bonds is 8.